The highest BCUT2D eigenvalue weighted by atomic mass is 32.2. The maximum Gasteiger partial charge on any atom is 0.353 e. The van der Waals surface area contributed by atoms with Crippen molar-refractivity contribution in [3.05, 3.63) is 33.0 Å². The average molecular weight is 480 g/mol. The molecule has 0 unspecified atom stereocenters. The maximum atomic E-state index is 12.9. The molecule has 174 valence electrons. The number of hydrogen-bond donors (Lipinski definition) is 2. The molecule has 2 amide bonds. The molecule has 1 aromatic rings. The summed E-state index contributed by atoms with van der Waals surface area (Å²) in [6.45, 7) is 4.84. The van der Waals surface area contributed by atoms with E-state index in [1.54, 1.807) is 37.3 Å². The average Bonchev–Trinajstić information content (AvgIpc) is 3.41. The number of rotatable bonds is 7. The van der Waals surface area contributed by atoms with E-state index < -0.39 is 18.0 Å². The van der Waals surface area contributed by atoms with Gasteiger partial charge in [-0.3, -0.25) is 14.5 Å². The Morgan fingerprint density at radius 3 is 2.66 bits per heavy atom. The highest BCUT2D eigenvalue weighted by molar-refractivity contribution is 8.03. The van der Waals surface area contributed by atoms with Crippen LogP contribution in [0.3, 0.4) is 0 Å². The number of β-lactam (4-membered cyclic amide) rings is 1. The number of likely N-dealkylation sites (N-methyl/N-ethyl adjacent to an activating group) is 1. The lowest BCUT2D eigenvalue weighted by Gasteiger charge is -2.46. The number of amides is 2. The zero-order valence-corrected chi connectivity index (χ0v) is 20.2. The summed E-state index contributed by atoms with van der Waals surface area (Å²) in [5.74, 6) is -2.13. The molecule has 0 aliphatic carbocycles. The molecule has 3 aliphatic heterocycles. The number of hydrogen-bond acceptors (Lipinski definition) is 7. The molecule has 0 radical (unpaired) electrons. The molecular formula is C22H29N3O5S2. The minimum Gasteiger partial charge on any atom is -0.477 e. The Morgan fingerprint density at radius 2 is 2.09 bits per heavy atom. The van der Waals surface area contributed by atoms with Crippen molar-refractivity contribution in [3.63, 3.8) is 0 Å². The van der Waals surface area contributed by atoms with Gasteiger partial charge in [-0.25, -0.2) is 4.79 Å². The third-order valence-electron chi connectivity index (χ3n) is 6.66. The van der Waals surface area contributed by atoms with Crippen molar-refractivity contribution < 1.29 is 24.6 Å². The van der Waals surface area contributed by atoms with Gasteiger partial charge in [-0.05, 0) is 35.7 Å². The fraction of sp³-hybridized carbons (Fsp3) is 0.591. The Labute approximate surface area is 195 Å². The van der Waals surface area contributed by atoms with Crippen LogP contribution in [0, 0.1) is 11.8 Å². The van der Waals surface area contributed by atoms with Crippen LogP contribution in [0.15, 0.2) is 27.4 Å². The number of aliphatic hydroxyl groups is 1. The molecular weight excluding hydrogens is 450 g/mol. The summed E-state index contributed by atoms with van der Waals surface area (Å²) in [7, 11) is 3.50. The molecule has 0 bridgehead atoms. The molecule has 0 saturated carbocycles. The smallest absolute Gasteiger partial charge is 0.353 e. The number of aliphatic carboxylic acids is 1. The minimum atomic E-state index is -1.12. The second-order valence-electron chi connectivity index (χ2n) is 9.06. The van der Waals surface area contributed by atoms with Gasteiger partial charge < -0.3 is 20.0 Å². The Morgan fingerprint density at radius 1 is 1.38 bits per heavy atom. The molecule has 4 rings (SSSR count). The van der Waals surface area contributed by atoms with E-state index in [4.69, 9.17) is 0 Å². The van der Waals surface area contributed by atoms with Crippen LogP contribution >= 0.6 is 23.1 Å². The minimum absolute atomic E-state index is 0.0353. The molecule has 0 aromatic carbocycles. The third kappa shape index (κ3) is 3.87. The second kappa shape index (κ2) is 8.81. The largest absolute Gasteiger partial charge is 0.477 e. The van der Waals surface area contributed by atoms with Crippen LogP contribution in [0.4, 0.5) is 0 Å². The Kier molecular flexibility index (Phi) is 6.41. The zero-order valence-electron chi connectivity index (χ0n) is 18.6. The van der Waals surface area contributed by atoms with Gasteiger partial charge in [-0.15, -0.1) is 11.8 Å². The molecule has 3 aliphatic rings. The summed E-state index contributed by atoms with van der Waals surface area (Å²) in [5, 5.41) is 24.0. The fourth-order valence-electron chi connectivity index (χ4n) is 5.15. The van der Waals surface area contributed by atoms with E-state index in [9.17, 15) is 24.6 Å². The van der Waals surface area contributed by atoms with Gasteiger partial charge in [0.15, 0.2) is 0 Å². The van der Waals surface area contributed by atoms with Gasteiger partial charge in [0.25, 0.3) is 0 Å². The maximum absolute atomic E-state index is 12.9. The number of carboxylic acids is 1. The summed E-state index contributed by atoms with van der Waals surface area (Å²) < 4.78 is 0. The molecule has 2 saturated heterocycles. The zero-order chi connectivity index (χ0) is 23.3. The van der Waals surface area contributed by atoms with Crippen molar-refractivity contribution in [2.45, 2.75) is 50.3 Å². The van der Waals surface area contributed by atoms with Gasteiger partial charge in [-0.1, -0.05) is 6.92 Å². The quantitative estimate of drug-likeness (QED) is 0.574. The normalized spacial score (nSPS) is 31.0. The highest BCUT2D eigenvalue weighted by Gasteiger charge is 2.60. The Balaban J connectivity index is 1.57. The molecule has 8 nitrogen and oxygen atoms in total. The lowest BCUT2D eigenvalue weighted by atomic mass is 9.79. The number of carbonyl (C=O) groups is 3. The van der Waals surface area contributed by atoms with E-state index in [2.05, 4.69) is 16.3 Å². The Hall–Kier alpha value is -1.88. The number of aliphatic hydroxyl groups excluding tert-OH is 1. The number of likely N-dealkylation sites (tertiary alicyclic amines) is 1. The number of carboxylic acid groups (broad SMARTS) is 1. The van der Waals surface area contributed by atoms with Gasteiger partial charge in [0.2, 0.25) is 11.8 Å². The van der Waals surface area contributed by atoms with E-state index >= 15 is 0 Å². The fourth-order valence-corrected chi connectivity index (χ4v) is 7.37. The Bertz CT molecular complexity index is 945. The summed E-state index contributed by atoms with van der Waals surface area (Å²) in [5.41, 5.74) is 1.20. The molecule has 0 spiro atoms. The number of carbonyl (C=O) groups excluding carboxylic acids is 2. The summed E-state index contributed by atoms with van der Waals surface area (Å²) in [4.78, 5) is 43.3. The first-order valence-corrected chi connectivity index (χ1v) is 12.6. The van der Waals surface area contributed by atoms with Crippen molar-refractivity contribution in [3.8, 4) is 0 Å². The van der Waals surface area contributed by atoms with Crippen LogP contribution in [-0.4, -0.2) is 86.8 Å². The van der Waals surface area contributed by atoms with Crippen LogP contribution in [0.25, 0.3) is 0 Å². The van der Waals surface area contributed by atoms with Crippen molar-refractivity contribution in [1.29, 1.82) is 0 Å². The molecule has 2 N–H and O–H groups in total. The molecule has 1 aromatic heterocycles. The second-order valence-corrected chi connectivity index (χ2v) is 11.2. The van der Waals surface area contributed by atoms with Crippen molar-refractivity contribution >= 4 is 40.9 Å². The van der Waals surface area contributed by atoms with Gasteiger partial charge in [0.1, 0.15) is 5.70 Å². The molecule has 2 fully saturated rings. The number of thiophene rings is 1. The van der Waals surface area contributed by atoms with Crippen LogP contribution in [-0.2, 0) is 20.9 Å². The number of fused-ring (bicyclic) bond motifs is 1. The first kappa shape index (κ1) is 23.3. The monoisotopic (exact) mass is 479 g/mol. The molecule has 4 heterocycles. The van der Waals surface area contributed by atoms with Crippen LogP contribution in [0.1, 0.15) is 25.8 Å². The molecule has 10 heteroatoms. The van der Waals surface area contributed by atoms with Crippen molar-refractivity contribution in [2.75, 3.05) is 20.6 Å². The lowest BCUT2D eigenvalue weighted by molar-refractivity contribution is -0.163. The van der Waals surface area contributed by atoms with Crippen LogP contribution in [0.5, 0.6) is 0 Å². The van der Waals surface area contributed by atoms with E-state index in [1.165, 1.54) is 16.7 Å². The summed E-state index contributed by atoms with van der Waals surface area (Å²) in [6.07, 6.45) is -0.201. The van der Waals surface area contributed by atoms with Crippen molar-refractivity contribution in [2.24, 2.45) is 11.8 Å². The summed E-state index contributed by atoms with van der Waals surface area (Å²) in [6, 6.07) is 1.47. The van der Waals surface area contributed by atoms with E-state index in [-0.39, 0.29) is 40.8 Å². The van der Waals surface area contributed by atoms with Gasteiger partial charge >= 0.3 is 5.97 Å². The van der Waals surface area contributed by atoms with E-state index in [0.29, 0.717) is 24.4 Å². The SMILES string of the molecule is C[C@@H](O)[C@H]1C(=O)N2C(C(=O)O)=C(S[C@H]3C[C@@H](C(=O)N(C)C)N(Cc4ccsc4)C3)[C@H](C)[C@H]12. The van der Waals surface area contributed by atoms with E-state index in [0.717, 1.165) is 5.56 Å². The predicted molar refractivity (Wildman–Crippen MR) is 123 cm³/mol. The number of thioether (sulfide) groups is 1. The van der Waals surface area contributed by atoms with Gasteiger partial charge in [-0.2, -0.15) is 11.3 Å². The molecule has 6 atom stereocenters. The van der Waals surface area contributed by atoms with Gasteiger partial charge in [0, 0.05) is 43.3 Å². The predicted octanol–water partition coefficient (Wildman–Crippen LogP) is 1.67. The highest BCUT2D eigenvalue weighted by Crippen LogP contribution is 2.52. The van der Waals surface area contributed by atoms with Gasteiger partial charge in [0.05, 0.1) is 24.1 Å². The third-order valence-corrected chi connectivity index (χ3v) is 8.89. The number of nitrogens with zero attached hydrogens (tertiary/aromatic N) is 3. The summed E-state index contributed by atoms with van der Waals surface area (Å²) >= 11 is 3.11. The van der Waals surface area contributed by atoms with E-state index in [1.807, 2.05) is 12.3 Å². The van der Waals surface area contributed by atoms with Crippen LogP contribution in [0.2, 0.25) is 0 Å². The first-order chi connectivity index (χ1) is 15.1. The topological polar surface area (TPSA) is 101 Å². The lowest BCUT2D eigenvalue weighted by Crippen LogP contribution is -2.63. The first-order valence-electron chi connectivity index (χ1n) is 10.7. The molecule has 32 heavy (non-hydrogen) atoms. The van der Waals surface area contributed by atoms with Crippen LogP contribution < -0.4 is 0 Å². The standard InChI is InChI=1S/C22H29N3O5S2/c1-11-17-16(12(2)26)21(28)25(17)18(22(29)30)19(11)32-14-7-15(20(27)23(3)4)24(9-14)8-13-5-6-31-10-13/h5-6,10-12,14-17,26H,7-9H2,1-4H3,(H,29,30)/t11-,12-,14+,15+,16-,17-/m1/s1. The van der Waals surface area contributed by atoms with Crippen molar-refractivity contribution in [1.82, 2.24) is 14.7 Å².